The highest BCUT2D eigenvalue weighted by atomic mass is 79.9. The summed E-state index contributed by atoms with van der Waals surface area (Å²) in [6.07, 6.45) is -4.43. The molecule has 10 heteroatoms. The predicted molar refractivity (Wildman–Crippen MR) is 92.8 cm³/mol. The lowest BCUT2D eigenvalue weighted by Gasteiger charge is -2.19. The van der Waals surface area contributed by atoms with Gasteiger partial charge in [0.2, 0.25) is 10.0 Å². The number of nitrogens with zero attached hydrogens (tertiary/aromatic N) is 1. The summed E-state index contributed by atoms with van der Waals surface area (Å²) in [5.41, 5.74) is -0.211. The van der Waals surface area contributed by atoms with Gasteiger partial charge in [0.05, 0.1) is 16.0 Å². The fourth-order valence-corrected chi connectivity index (χ4v) is 3.15. The number of benzene rings is 2. The SMILES string of the molecule is CN(Cc1ccc(C(F)(F)F)cc1)C(=O)c1cc(S(N)(=O)=O)ccc1Br. The second-order valence-electron chi connectivity index (χ2n) is 5.54. The van der Waals surface area contributed by atoms with Crippen LogP contribution < -0.4 is 5.14 Å². The van der Waals surface area contributed by atoms with Gasteiger partial charge >= 0.3 is 6.18 Å². The van der Waals surface area contributed by atoms with Crippen LogP contribution in [0.1, 0.15) is 21.5 Å². The number of carbonyl (C=O) groups is 1. The number of nitrogens with two attached hydrogens (primary N) is 1. The lowest BCUT2D eigenvalue weighted by Crippen LogP contribution is -2.27. The molecule has 0 saturated heterocycles. The molecule has 0 aliphatic rings. The number of halogens is 4. The van der Waals surface area contributed by atoms with Crippen molar-refractivity contribution >= 4 is 31.9 Å². The average Bonchev–Trinajstić information content (AvgIpc) is 2.53. The quantitative estimate of drug-likeness (QED) is 0.774. The van der Waals surface area contributed by atoms with Crippen LogP contribution >= 0.6 is 15.9 Å². The molecule has 1 amide bonds. The zero-order valence-corrected chi connectivity index (χ0v) is 15.8. The van der Waals surface area contributed by atoms with Crippen LogP contribution in [0.15, 0.2) is 51.8 Å². The topological polar surface area (TPSA) is 80.5 Å². The van der Waals surface area contributed by atoms with Gasteiger partial charge in [0.15, 0.2) is 0 Å². The van der Waals surface area contributed by atoms with Gasteiger partial charge in [-0.2, -0.15) is 13.2 Å². The number of primary sulfonamides is 1. The molecule has 0 aromatic heterocycles. The van der Waals surface area contributed by atoms with E-state index in [0.717, 1.165) is 18.2 Å². The minimum atomic E-state index is -4.43. The Hall–Kier alpha value is -1.91. The Bertz CT molecular complexity index is 929. The van der Waals surface area contributed by atoms with Crippen molar-refractivity contribution in [1.82, 2.24) is 4.90 Å². The van der Waals surface area contributed by atoms with Gasteiger partial charge in [-0.3, -0.25) is 4.79 Å². The first-order valence-corrected chi connectivity index (χ1v) is 9.47. The third-order valence-corrected chi connectivity index (χ3v) is 5.15. The summed E-state index contributed by atoms with van der Waals surface area (Å²) in [5, 5.41) is 5.06. The van der Waals surface area contributed by atoms with E-state index in [9.17, 15) is 26.4 Å². The maximum Gasteiger partial charge on any atom is 0.416 e. The van der Waals surface area contributed by atoms with Gasteiger partial charge in [0.25, 0.3) is 5.91 Å². The van der Waals surface area contributed by atoms with Crippen LogP contribution in [0, 0.1) is 0 Å². The van der Waals surface area contributed by atoms with E-state index in [2.05, 4.69) is 15.9 Å². The second kappa shape index (κ2) is 7.37. The first kappa shape index (κ1) is 20.4. The molecule has 2 N–H and O–H groups in total. The van der Waals surface area contributed by atoms with Crippen LogP contribution in [-0.2, 0) is 22.7 Å². The van der Waals surface area contributed by atoms with E-state index in [1.807, 2.05) is 0 Å². The minimum absolute atomic E-state index is 0.0447. The predicted octanol–water partition coefficient (Wildman–Crippen LogP) is 3.39. The van der Waals surface area contributed by atoms with Crippen LogP contribution in [0.5, 0.6) is 0 Å². The summed E-state index contributed by atoms with van der Waals surface area (Å²) < 4.78 is 61.0. The molecule has 140 valence electrons. The molecule has 2 aromatic carbocycles. The Morgan fingerprint density at radius 3 is 2.23 bits per heavy atom. The lowest BCUT2D eigenvalue weighted by molar-refractivity contribution is -0.137. The maximum atomic E-state index is 12.6. The molecule has 2 aromatic rings. The molecule has 0 aliphatic carbocycles. The normalized spacial score (nSPS) is 12.1. The third kappa shape index (κ3) is 4.83. The van der Waals surface area contributed by atoms with Gasteiger partial charge in [-0.1, -0.05) is 12.1 Å². The van der Waals surface area contributed by atoms with Gasteiger partial charge in [-0.05, 0) is 51.8 Å². The van der Waals surface area contributed by atoms with Gasteiger partial charge in [-0.25, -0.2) is 13.6 Å². The number of alkyl halides is 3. The minimum Gasteiger partial charge on any atom is -0.337 e. The summed E-state index contributed by atoms with van der Waals surface area (Å²) in [7, 11) is -2.52. The van der Waals surface area contributed by atoms with E-state index in [4.69, 9.17) is 5.14 Å². The average molecular weight is 451 g/mol. The van der Waals surface area contributed by atoms with Crippen molar-refractivity contribution in [2.75, 3.05) is 7.05 Å². The number of hydrogen-bond donors (Lipinski definition) is 1. The van der Waals surface area contributed by atoms with Crippen molar-refractivity contribution in [2.24, 2.45) is 5.14 Å². The third-order valence-electron chi connectivity index (χ3n) is 3.54. The maximum absolute atomic E-state index is 12.6. The molecule has 0 radical (unpaired) electrons. The Morgan fingerprint density at radius 2 is 1.73 bits per heavy atom. The van der Waals surface area contributed by atoms with Crippen LogP contribution in [0.25, 0.3) is 0 Å². The fourth-order valence-electron chi connectivity index (χ4n) is 2.20. The molecule has 0 atom stereocenters. The summed E-state index contributed by atoms with van der Waals surface area (Å²) in [4.78, 5) is 13.6. The van der Waals surface area contributed by atoms with Crippen LogP contribution in [0.3, 0.4) is 0 Å². The van der Waals surface area contributed by atoms with Gasteiger partial charge in [-0.15, -0.1) is 0 Å². The fraction of sp³-hybridized carbons (Fsp3) is 0.188. The number of carbonyl (C=O) groups excluding carboxylic acids is 1. The highest BCUT2D eigenvalue weighted by Crippen LogP contribution is 2.29. The van der Waals surface area contributed by atoms with Crippen molar-refractivity contribution in [2.45, 2.75) is 17.6 Å². The van der Waals surface area contributed by atoms with Crippen molar-refractivity contribution < 1.29 is 26.4 Å². The molecule has 26 heavy (non-hydrogen) atoms. The summed E-state index contributed by atoms with van der Waals surface area (Å²) >= 11 is 3.17. The second-order valence-corrected chi connectivity index (χ2v) is 7.96. The Labute approximate surface area is 156 Å². The van der Waals surface area contributed by atoms with Crippen molar-refractivity contribution in [1.29, 1.82) is 0 Å². The lowest BCUT2D eigenvalue weighted by atomic mass is 10.1. The Kier molecular flexibility index (Phi) is 5.79. The number of amides is 1. The van der Waals surface area contributed by atoms with Crippen molar-refractivity contribution in [3.8, 4) is 0 Å². The zero-order chi connectivity index (χ0) is 19.7. The highest BCUT2D eigenvalue weighted by molar-refractivity contribution is 9.10. The first-order chi connectivity index (χ1) is 11.9. The van der Waals surface area contributed by atoms with Crippen molar-refractivity contribution in [3.63, 3.8) is 0 Å². The monoisotopic (exact) mass is 450 g/mol. The van der Waals surface area contributed by atoms with Gasteiger partial charge in [0, 0.05) is 18.1 Å². The summed E-state index contributed by atoms with van der Waals surface area (Å²) in [5.74, 6) is -0.512. The van der Waals surface area contributed by atoms with Crippen LogP contribution in [-0.4, -0.2) is 26.3 Å². The van der Waals surface area contributed by atoms with E-state index in [1.165, 1.54) is 36.2 Å². The molecule has 0 fully saturated rings. The zero-order valence-electron chi connectivity index (χ0n) is 13.4. The molecule has 2 rings (SSSR count). The summed E-state index contributed by atoms with van der Waals surface area (Å²) in [6, 6.07) is 8.22. The molecular formula is C16H14BrF3N2O3S. The van der Waals surface area contributed by atoms with E-state index in [1.54, 1.807) is 0 Å². The first-order valence-electron chi connectivity index (χ1n) is 7.13. The molecule has 0 bridgehead atoms. The van der Waals surface area contributed by atoms with E-state index < -0.39 is 27.7 Å². The number of rotatable bonds is 4. The molecular weight excluding hydrogens is 437 g/mol. The van der Waals surface area contributed by atoms with E-state index >= 15 is 0 Å². The molecule has 0 heterocycles. The Balaban J connectivity index is 2.22. The van der Waals surface area contributed by atoms with Gasteiger partial charge in [0.1, 0.15) is 0 Å². The highest BCUT2D eigenvalue weighted by Gasteiger charge is 2.30. The molecule has 0 spiro atoms. The number of hydrogen-bond acceptors (Lipinski definition) is 3. The van der Waals surface area contributed by atoms with Crippen molar-refractivity contribution in [3.05, 3.63) is 63.6 Å². The van der Waals surface area contributed by atoms with Crippen LogP contribution in [0.4, 0.5) is 13.2 Å². The van der Waals surface area contributed by atoms with Gasteiger partial charge < -0.3 is 4.90 Å². The molecule has 5 nitrogen and oxygen atoms in total. The standard InChI is InChI=1S/C16H14BrF3N2O3S/c1-22(9-10-2-4-11(5-3-10)16(18,19)20)15(23)13-8-12(26(21,24)25)6-7-14(13)17/h2-8H,9H2,1H3,(H2,21,24,25). The van der Waals surface area contributed by atoms with Crippen LogP contribution in [0.2, 0.25) is 0 Å². The van der Waals surface area contributed by atoms with E-state index in [0.29, 0.717) is 10.0 Å². The smallest absolute Gasteiger partial charge is 0.337 e. The molecule has 0 aliphatic heterocycles. The number of sulfonamides is 1. The van der Waals surface area contributed by atoms with E-state index in [-0.39, 0.29) is 17.0 Å². The molecule has 0 saturated carbocycles. The largest absolute Gasteiger partial charge is 0.416 e. The Morgan fingerprint density at radius 1 is 1.15 bits per heavy atom. The summed E-state index contributed by atoms with van der Waals surface area (Å²) in [6.45, 7) is 0.0447. The molecule has 0 unspecified atom stereocenters.